The number of nitrogens with zero attached hydrogens (tertiary/aromatic N) is 2. The van der Waals surface area contributed by atoms with Crippen LogP contribution in [0.15, 0.2) is 82.7 Å². The third-order valence-corrected chi connectivity index (χ3v) is 6.84. The summed E-state index contributed by atoms with van der Waals surface area (Å²) in [5.41, 5.74) is 2.64. The van der Waals surface area contributed by atoms with Gasteiger partial charge in [-0.15, -0.1) is 0 Å². The van der Waals surface area contributed by atoms with Crippen molar-refractivity contribution in [2.45, 2.75) is 18.6 Å². The molecule has 0 atom stereocenters. The molecule has 0 spiro atoms. The Kier molecular flexibility index (Phi) is 9.24. The molecule has 0 unspecified atom stereocenters. The van der Waals surface area contributed by atoms with Crippen LogP contribution < -0.4 is 16.2 Å². The molecule has 0 fully saturated rings. The Balaban J connectivity index is 1.53. The fraction of sp³-hybridized carbons (Fsp3) is 0.207. The zero-order chi connectivity index (χ0) is 27.8. The number of methoxy groups -OCH3 is 1. The Labute approximate surface area is 229 Å². The summed E-state index contributed by atoms with van der Waals surface area (Å²) < 4.78 is 6.48. The predicted molar refractivity (Wildman–Crippen MR) is 152 cm³/mol. The number of aromatic nitrogens is 2. The molecule has 0 bridgehead atoms. The number of carbonyl (C=O) groups is 3. The highest BCUT2D eigenvalue weighted by atomic mass is 32.2. The first-order valence-corrected chi connectivity index (χ1v) is 13.2. The molecule has 2 amide bonds. The molecule has 0 aliphatic heterocycles. The molecule has 1 aromatic heterocycles. The quantitative estimate of drug-likeness (QED) is 0.128. The summed E-state index contributed by atoms with van der Waals surface area (Å²) >= 11 is 1.15. The van der Waals surface area contributed by atoms with Crippen LogP contribution in [0.2, 0.25) is 0 Å². The molecule has 10 heteroatoms. The van der Waals surface area contributed by atoms with Crippen LogP contribution >= 0.6 is 11.8 Å². The van der Waals surface area contributed by atoms with Gasteiger partial charge in [-0.2, -0.15) is 0 Å². The van der Waals surface area contributed by atoms with Crippen molar-refractivity contribution in [3.8, 4) is 0 Å². The van der Waals surface area contributed by atoms with Gasteiger partial charge < -0.3 is 15.4 Å². The number of rotatable bonds is 11. The molecule has 0 saturated heterocycles. The fourth-order valence-electron chi connectivity index (χ4n) is 3.85. The maximum absolute atomic E-state index is 13.4. The van der Waals surface area contributed by atoms with E-state index < -0.39 is 0 Å². The van der Waals surface area contributed by atoms with Crippen LogP contribution in [0.1, 0.15) is 33.2 Å². The Morgan fingerprint density at radius 2 is 1.74 bits per heavy atom. The SMILES string of the molecule is COCCNC(=O)c1ccc(Cn2c(SCC(=O)Nc3cccc(C(C)=O)c3)nc3ccccc3c2=O)cc1. The average Bonchev–Trinajstić information content (AvgIpc) is 2.94. The van der Waals surface area contributed by atoms with Crippen LogP contribution in [-0.4, -0.2) is 53.2 Å². The van der Waals surface area contributed by atoms with E-state index in [4.69, 9.17) is 4.74 Å². The number of carbonyl (C=O) groups excluding carboxylic acids is 3. The summed E-state index contributed by atoms with van der Waals surface area (Å²) in [5, 5.41) is 6.43. The van der Waals surface area contributed by atoms with E-state index in [1.807, 2.05) is 0 Å². The minimum atomic E-state index is -0.293. The van der Waals surface area contributed by atoms with Crippen molar-refractivity contribution in [3.05, 3.63) is 99.8 Å². The van der Waals surface area contributed by atoms with Crippen LogP contribution in [0.4, 0.5) is 5.69 Å². The summed E-state index contributed by atoms with van der Waals surface area (Å²) in [5.74, 6) is -0.585. The number of ketones is 1. The highest BCUT2D eigenvalue weighted by Crippen LogP contribution is 2.20. The van der Waals surface area contributed by atoms with E-state index in [2.05, 4.69) is 15.6 Å². The van der Waals surface area contributed by atoms with Crippen molar-refractivity contribution in [2.24, 2.45) is 0 Å². The van der Waals surface area contributed by atoms with Gasteiger partial charge in [0.2, 0.25) is 5.91 Å². The minimum absolute atomic E-state index is 0.00959. The van der Waals surface area contributed by atoms with E-state index in [0.717, 1.165) is 17.3 Å². The third-order valence-electron chi connectivity index (χ3n) is 5.86. The van der Waals surface area contributed by atoms with Crippen LogP contribution in [0.5, 0.6) is 0 Å². The first-order valence-electron chi connectivity index (χ1n) is 12.2. The number of Topliss-reactive ketones (excluding diaryl/α,β-unsaturated/α-hetero) is 1. The Bertz CT molecular complexity index is 1570. The van der Waals surface area contributed by atoms with Gasteiger partial charge in [0, 0.05) is 30.5 Å². The maximum atomic E-state index is 13.4. The number of thioether (sulfide) groups is 1. The Hall–Kier alpha value is -4.28. The molecular formula is C29H28N4O5S. The van der Waals surface area contributed by atoms with Gasteiger partial charge in [-0.1, -0.05) is 48.2 Å². The van der Waals surface area contributed by atoms with E-state index in [-0.39, 0.29) is 35.5 Å². The lowest BCUT2D eigenvalue weighted by Crippen LogP contribution is -2.27. The van der Waals surface area contributed by atoms with Crippen molar-refractivity contribution in [1.82, 2.24) is 14.9 Å². The summed E-state index contributed by atoms with van der Waals surface area (Å²) in [6.45, 7) is 2.51. The molecule has 4 rings (SSSR count). The fourth-order valence-corrected chi connectivity index (χ4v) is 4.65. The first-order chi connectivity index (χ1) is 18.9. The number of fused-ring (bicyclic) bond motifs is 1. The van der Waals surface area contributed by atoms with E-state index in [1.54, 1.807) is 79.9 Å². The normalized spacial score (nSPS) is 10.8. The number of amides is 2. The molecule has 1 heterocycles. The number of para-hydroxylation sites is 1. The summed E-state index contributed by atoms with van der Waals surface area (Å²) in [6.07, 6.45) is 0. The zero-order valence-corrected chi connectivity index (χ0v) is 22.4. The van der Waals surface area contributed by atoms with Crippen LogP contribution in [0.25, 0.3) is 10.9 Å². The number of hydrogen-bond acceptors (Lipinski definition) is 7. The van der Waals surface area contributed by atoms with Gasteiger partial charge in [0.1, 0.15) is 0 Å². The second-order valence-corrected chi connectivity index (χ2v) is 9.66. The Morgan fingerprint density at radius 3 is 2.49 bits per heavy atom. The molecule has 2 N–H and O–H groups in total. The summed E-state index contributed by atoms with van der Waals surface area (Å²) in [6, 6.07) is 20.8. The molecule has 39 heavy (non-hydrogen) atoms. The Morgan fingerprint density at radius 1 is 0.974 bits per heavy atom. The van der Waals surface area contributed by atoms with Crippen molar-refractivity contribution in [3.63, 3.8) is 0 Å². The minimum Gasteiger partial charge on any atom is -0.383 e. The third kappa shape index (κ3) is 7.18. The lowest BCUT2D eigenvalue weighted by Gasteiger charge is -2.14. The molecule has 3 aromatic carbocycles. The number of anilines is 1. The predicted octanol–water partition coefficient (Wildman–Crippen LogP) is 3.75. The highest BCUT2D eigenvalue weighted by molar-refractivity contribution is 7.99. The van der Waals surface area contributed by atoms with E-state index in [0.29, 0.717) is 46.0 Å². The van der Waals surface area contributed by atoms with E-state index in [9.17, 15) is 19.2 Å². The molecule has 0 radical (unpaired) electrons. The van der Waals surface area contributed by atoms with Gasteiger partial charge in [0.05, 0.1) is 29.8 Å². The lowest BCUT2D eigenvalue weighted by molar-refractivity contribution is -0.113. The molecule has 9 nitrogen and oxygen atoms in total. The van der Waals surface area contributed by atoms with Crippen molar-refractivity contribution < 1.29 is 19.1 Å². The summed E-state index contributed by atoms with van der Waals surface area (Å²) in [7, 11) is 1.57. The topological polar surface area (TPSA) is 119 Å². The van der Waals surface area contributed by atoms with Gasteiger partial charge >= 0.3 is 0 Å². The van der Waals surface area contributed by atoms with Gasteiger partial charge in [0.15, 0.2) is 10.9 Å². The highest BCUT2D eigenvalue weighted by Gasteiger charge is 2.15. The number of ether oxygens (including phenoxy) is 1. The van der Waals surface area contributed by atoms with E-state index in [1.165, 1.54) is 11.5 Å². The zero-order valence-electron chi connectivity index (χ0n) is 21.6. The van der Waals surface area contributed by atoms with E-state index >= 15 is 0 Å². The molecular weight excluding hydrogens is 516 g/mol. The molecule has 200 valence electrons. The van der Waals surface area contributed by atoms with Crippen LogP contribution in [0, 0.1) is 0 Å². The number of nitrogens with one attached hydrogen (secondary N) is 2. The van der Waals surface area contributed by atoms with Crippen LogP contribution in [0.3, 0.4) is 0 Å². The number of benzene rings is 3. The monoisotopic (exact) mass is 544 g/mol. The van der Waals surface area contributed by atoms with Gasteiger partial charge in [0.25, 0.3) is 11.5 Å². The van der Waals surface area contributed by atoms with Crippen molar-refractivity contribution in [1.29, 1.82) is 0 Å². The smallest absolute Gasteiger partial charge is 0.262 e. The average molecular weight is 545 g/mol. The lowest BCUT2D eigenvalue weighted by atomic mass is 10.1. The van der Waals surface area contributed by atoms with Crippen LogP contribution in [-0.2, 0) is 16.1 Å². The van der Waals surface area contributed by atoms with Crippen molar-refractivity contribution in [2.75, 3.05) is 31.3 Å². The molecule has 0 aliphatic carbocycles. The van der Waals surface area contributed by atoms with Gasteiger partial charge in [-0.05, 0) is 48.9 Å². The van der Waals surface area contributed by atoms with Crippen molar-refractivity contribution >= 4 is 45.9 Å². The molecule has 4 aromatic rings. The van der Waals surface area contributed by atoms with Gasteiger partial charge in [-0.3, -0.25) is 23.7 Å². The van der Waals surface area contributed by atoms with Gasteiger partial charge in [-0.25, -0.2) is 4.98 Å². The second kappa shape index (κ2) is 13.0. The maximum Gasteiger partial charge on any atom is 0.262 e. The molecule has 0 saturated carbocycles. The summed E-state index contributed by atoms with van der Waals surface area (Å²) in [4.78, 5) is 54.7. The standard InChI is InChI=1S/C29H28N4O5S/c1-19(34)22-6-5-7-23(16-22)31-26(35)18-39-29-32-25-9-4-3-8-24(25)28(37)33(29)17-20-10-12-21(13-11-20)27(36)30-14-15-38-2/h3-13,16H,14-15,17-18H2,1-2H3,(H,30,36)(H,31,35). The second-order valence-electron chi connectivity index (χ2n) is 8.72. The first kappa shape index (κ1) is 27.7. The number of hydrogen-bond donors (Lipinski definition) is 2. The molecule has 0 aliphatic rings. The largest absolute Gasteiger partial charge is 0.383 e.